The molecule has 2 rings (SSSR count). The summed E-state index contributed by atoms with van der Waals surface area (Å²) in [5.41, 5.74) is 5.56. The predicted octanol–water partition coefficient (Wildman–Crippen LogP) is 1.84. The maximum Gasteiger partial charge on any atom is 0.301 e. The van der Waals surface area contributed by atoms with Crippen molar-refractivity contribution >= 4 is 23.3 Å². The maximum atomic E-state index is 10.9. The summed E-state index contributed by atoms with van der Waals surface area (Å²) in [7, 11) is 0. The summed E-state index contributed by atoms with van der Waals surface area (Å²) < 4.78 is 5.42. The van der Waals surface area contributed by atoms with Crippen LogP contribution in [0.3, 0.4) is 0 Å². The summed E-state index contributed by atoms with van der Waals surface area (Å²) in [6, 6.07) is 2.84. The van der Waals surface area contributed by atoms with Crippen LogP contribution >= 0.6 is 11.8 Å². The zero-order valence-electron chi connectivity index (χ0n) is 9.33. The minimum atomic E-state index is -0.435. The van der Waals surface area contributed by atoms with Gasteiger partial charge in [-0.1, -0.05) is 11.8 Å². The highest BCUT2D eigenvalue weighted by atomic mass is 32.2. The first-order valence-corrected chi connectivity index (χ1v) is 6.15. The molecule has 1 aliphatic heterocycles. The molecule has 0 aliphatic carbocycles. The van der Waals surface area contributed by atoms with Gasteiger partial charge in [-0.05, 0) is 19.4 Å². The second-order valence-corrected chi connectivity index (χ2v) is 5.07. The van der Waals surface area contributed by atoms with Crippen LogP contribution in [0, 0.1) is 10.1 Å². The number of nitrogens with zero attached hydrogens (tertiary/aromatic N) is 2. The van der Waals surface area contributed by atoms with Crippen molar-refractivity contribution < 1.29 is 9.66 Å². The number of hydrogen-bond acceptors (Lipinski definition) is 6. The Morgan fingerprint density at radius 2 is 2.41 bits per heavy atom. The Kier molecular flexibility index (Phi) is 3.49. The Morgan fingerprint density at radius 3 is 3.00 bits per heavy atom. The molecule has 17 heavy (non-hydrogen) atoms. The largest absolute Gasteiger partial charge is 0.384 e. The third kappa shape index (κ3) is 2.67. The molecular weight excluding hydrogens is 242 g/mol. The quantitative estimate of drug-likeness (QED) is 0.654. The van der Waals surface area contributed by atoms with Gasteiger partial charge in [0, 0.05) is 17.9 Å². The SMILES string of the molecule is CC1OCCC1Sc1nc(N)ccc1[N+](=O)[O-]. The first-order chi connectivity index (χ1) is 8.08. The van der Waals surface area contributed by atoms with Crippen LogP contribution in [0.5, 0.6) is 0 Å². The van der Waals surface area contributed by atoms with Crippen molar-refractivity contribution in [2.45, 2.75) is 29.7 Å². The predicted molar refractivity (Wildman–Crippen MR) is 65.0 cm³/mol. The standard InChI is InChI=1S/C10H13N3O3S/c1-6-8(4-5-16-6)17-10-7(13(14)15)2-3-9(11)12-10/h2-3,6,8H,4-5H2,1H3,(H2,11,12). The molecule has 1 fully saturated rings. The molecule has 2 unspecified atom stereocenters. The van der Waals surface area contributed by atoms with Gasteiger partial charge in [-0.25, -0.2) is 4.98 Å². The van der Waals surface area contributed by atoms with Crippen LogP contribution in [-0.2, 0) is 4.74 Å². The molecule has 92 valence electrons. The van der Waals surface area contributed by atoms with Gasteiger partial charge in [-0.2, -0.15) is 0 Å². The maximum absolute atomic E-state index is 10.9. The Labute approximate surface area is 103 Å². The lowest BCUT2D eigenvalue weighted by Gasteiger charge is -2.12. The van der Waals surface area contributed by atoms with Crippen molar-refractivity contribution in [3.05, 3.63) is 22.2 Å². The number of anilines is 1. The van der Waals surface area contributed by atoms with Gasteiger partial charge in [0.1, 0.15) is 5.82 Å². The topological polar surface area (TPSA) is 91.3 Å². The van der Waals surface area contributed by atoms with Crippen LogP contribution in [0.4, 0.5) is 11.5 Å². The first-order valence-electron chi connectivity index (χ1n) is 5.27. The fourth-order valence-corrected chi connectivity index (χ4v) is 2.88. The monoisotopic (exact) mass is 255 g/mol. The number of rotatable bonds is 3. The fourth-order valence-electron chi connectivity index (χ4n) is 1.68. The summed E-state index contributed by atoms with van der Waals surface area (Å²) in [5, 5.41) is 11.4. The first kappa shape index (κ1) is 12.1. The second-order valence-electron chi connectivity index (χ2n) is 3.84. The molecule has 1 saturated heterocycles. The number of pyridine rings is 1. The molecule has 2 N–H and O–H groups in total. The van der Waals surface area contributed by atoms with Crippen LogP contribution in [0.1, 0.15) is 13.3 Å². The fraction of sp³-hybridized carbons (Fsp3) is 0.500. The van der Waals surface area contributed by atoms with Gasteiger partial charge in [-0.3, -0.25) is 10.1 Å². The van der Waals surface area contributed by atoms with Gasteiger partial charge in [0.15, 0.2) is 5.03 Å². The van der Waals surface area contributed by atoms with Crippen molar-refractivity contribution in [1.82, 2.24) is 4.98 Å². The van der Waals surface area contributed by atoms with E-state index in [0.717, 1.165) is 6.42 Å². The van der Waals surface area contributed by atoms with Crippen molar-refractivity contribution in [2.24, 2.45) is 0 Å². The zero-order valence-corrected chi connectivity index (χ0v) is 10.1. The van der Waals surface area contributed by atoms with E-state index in [0.29, 0.717) is 17.5 Å². The van der Waals surface area contributed by atoms with Crippen LogP contribution in [0.15, 0.2) is 17.2 Å². The molecule has 0 spiro atoms. The van der Waals surface area contributed by atoms with Crippen molar-refractivity contribution in [3.8, 4) is 0 Å². The molecule has 0 radical (unpaired) electrons. The Balaban J connectivity index is 2.24. The summed E-state index contributed by atoms with van der Waals surface area (Å²) in [4.78, 5) is 14.5. The van der Waals surface area contributed by atoms with E-state index in [1.165, 1.54) is 23.9 Å². The second kappa shape index (κ2) is 4.89. The van der Waals surface area contributed by atoms with E-state index < -0.39 is 4.92 Å². The normalized spacial score (nSPS) is 23.8. The zero-order chi connectivity index (χ0) is 12.4. The van der Waals surface area contributed by atoms with E-state index in [4.69, 9.17) is 10.5 Å². The molecule has 6 nitrogen and oxygen atoms in total. The highest BCUT2D eigenvalue weighted by Crippen LogP contribution is 2.36. The number of nitrogens with two attached hydrogens (primary N) is 1. The Morgan fingerprint density at radius 1 is 1.65 bits per heavy atom. The lowest BCUT2D eigenvalue weighted by atomic mass is 10.3. The summed E-state index contributed by atoms with van der Waals surface area (Å²) in [6.07, 6.45) is 0.960. The molecule has 0 saturated carbocycles. The molecule has 7 heteroatoms. The number of thioether (sulfide) groups is 1. The van der Waals surface area contributed by atoms with E-state index in [9.17, 15) is 10.1 Å². The molecular formula is C10H13N3O3S. The summed E-state index contributed by atoms with van der Waals surface area (Å²) >= 11 is 1.37. The van der Waals surface area contributed by atoms with Gasteiger partial charge < -0.3 is 10.5 Å². The number of ether oxygens (including phenoxy) is 1. The van der Waals surface area contributed by atoms with E-state index >= 15 is 0 Å². The lowest BCUT2D eigenvalue weighted by molar-refractivity contribution is -0.388. The van der Waals surface area contributed by atoms with Crippen molar-refractivity contribution in [3.63, 3.8) is 0 Å². The third-order valence-corrected chi connectivity index (χ3v) is 4.07. The average molecular weight is 255 g/mol. The minimum Gasteiger partial charge on any atom is -0.384 e. The lowest BCUT2D eigenvalue weighted by Crippen LogP contribution is -2.14. The van der Waals surface area contributed by atoms with Gasteiger partial charge in [0.05, 0.1) is 11.0 Å². The average Bonchev–Trinajstić information content (AvgIpc) is 2.64. The molecule has 2 heterocycles. The van der Waals surface area contributed by atoms with Crippen molar-refractivity contribution in [2.75, 3.05) is 12.3 Å². The van der Waals surface area contributed by atoms with E-state index in [2.05, 4.69) is 4.98 Å². The van der Waals surface area contributed by atoms with Gasteiger partial charge >= 0.3 is 5.69 Å². The van der Waals surface area contributed by atoms with Crippen LogP contribution in [-0.4, -0.2) is 27.9 Å². The molecule has 2 atom stereocenters. The van der Waals surface area contributed by atoms with E-state index in [1.54, 1.807) is 0 Å². The van der Waals surface area contributed by atoms with Gasteiger partial charge in [0.2, 0.25) is 0 Å². The summed E-state index contributed by atoms with van der Waals surface area (Å²) in [5.74, 6) is 0.296. The number of aromatic nitrogens is 1. The van der Waals surface area contributed by atoms with Crippen LogP contribution in [0.25, 0.3) is 0 Å². The molecule has 0 bridgehead atoms. The molecule has 1 aromatic rings. The highest BCUT2D eigenvalue weighted by Gasteiger charge is 2.28. The highest BCUT2D eigenvalue weighted by molar-refractivity contribution is 8.00. The van der Waals surface area contributed by atoms with Crippen LogP contribution < -0.4 is 5.73 Å². The number of nitro groups is 1. The van der Waals surface area contributed by atoms with E-state index in [-0.39, 0.29) is 17.0 Å². The minimum absolute atomic E-state index is 0.00306. The van der Waals surface area contributed by atoms with Gasteiger partial charge in [-0.15, -0.1) is 0 Å². The number of nitrogen functional groups attached to an aromatic ring is 1. The van der Waals surface area contributed by atoms with Crippen LogP contribution in [0.2, 0.25) is 0 Å². The molecule has 1 aliphatic rings. The molecule has 0 amide bonds. The molecule has 0 aromatic carbocycles. The third-order valence-electron chi connectivity index (χ3n) is 2.63. The molecule has 1 aromatic heterocycles. The summed E-state index contributed by atoms with van der Waals surface area (Å²) in [6.45, 7) is 2.65. The Bertz CT molecular complexity index is 441. The van der Waals surface area contributed by atoms with E-state index in [1.807, 2.05) is 6.92 Å². The van der Waals surface area contributed by atoms with Gasteiger partial charge in [0.25, 0.3) is 0 Å². The number of hydrogen-bond donors (Lipinski definition) is 1. The van der Waals surface area contributed by atoms with Crippen molar-refractivity contribution in [1.29, 1.82) is 0 Å². The Hall–Kier alpha value is -1.34. The smallest absolute Gasteiger partial charge is 0.301 e.